The number of guanidine groups is 1. The molecular formula is C25H44IN5O2. The van der Waals surface area contributed by atoms with Crippen molar-refractivity contribution in [1.29, 1.82) is 0 Å². The van der Waals surface area contributed by atoms with Gasteiger partial charge in [0.2, 0.25) is 0 Å². The van der Waals surface area contributed by atoms with Gasteiger partial charge in [0.25, 0.3) is 0 Å². The number of benzene rings is 1. The van der Waals surface area contributed by atoms with Crippen molar-refractivity contribution in [2.45, 2.75) is 46.2 Å². The Morgan fingerprint density at radius 3 is 2.21 bits per heavy atom. The van der Waals surface area contributed by atoms with Gasteiger partial charge in [-0.3, -0.25) is 4.90 Å². The summed E-state index contributed by atoms with van der Waals surface area (Å²) in [5.41, 5.74) is 2.54. The molecule has 0 amide bonds. The molecule has 1 unspecified atom stereocenters. The Hall–Kier alpha value is -1.10. The third kappa shape index (κ3) is 8.56. The zero-order chi connectivity index (χ0) is 22.6. The van der Waals surface area contributed by atoms with Crippen molar-refractivity contribution >= 4 is 35.6 Å². The lowest BCUT2D eigenvalue weighted by Gasteiger charge is -2.39. The van der Waals surface area contributed by atoms with Crippen LogP contribution >= 0.6 is 24.0 Å². The van der Waals surface area contributed by atoms with Gasteiger partial charge in [0.15, 0.2) is 5.96 Å². The van der Waals surface area contributed by atoms with Crippen LogP contribution in [0.15, 0.2) is 29.3 Å². The standard InChI is InChI=1S/C25H43N5O2.HI/c1-4-21(5-2)24(30-13-17-32-18-14-30)20-28-25(26-6-3)27-19-22-9-7-8-10-23(22)29-11-15-31-16-12-29;/h7-10,21,24H,4-6,11-20H2,1-3H3,(H2,26,27,28);1H. The van der Waals surface area contributed by atoms with E-state index >= 15 is 0 Å². The first kappa shape index (κ1) is 28.1. The number of rotatable bonds is 10. The van der Waals surface area contributed by atoms with Crippen LogP contribution < -0.4 is 15.5 Å². The number of anilines is 1. The molecule has 2 N–H and O–H groups in total. The third-order valence-corrected chi connectivity index (χ3v) is 6.68. The summed E-state index contributed by atoms with van der Waals surface area (Å²) in [6.07, 6.45) is 2.39. The number of morpholine rings is 2. The molecule has 1 atom stereocenters. The lowest BCUT2D eigenvalue weighted by Crippen LogP contribution is -2.53. The van der Waals surface area contributed by atoms with E-state index in [-0.39, 0.29) is 24.0 Å². The number of halogens is 1. The summed E-state index contributed by atoms with van der Waals surface area (Å²) in [5, 5.41) is 7.11. The summed E-state index contributed by atoms with van der Waals surface area (Å²) in [6.45, 7) is 16.3. The molecule has 2 saturated heterocycles. The van der Waals surface area contributed by atoms with Crippen molar-refractivity contribution < 1.29 is 9.47 Å². The molecule has 2 heterocycles. The van der Waals surface area contributed by atoms with E-state index in [0.29, 0.717) is 18.5 Å². The van der Waals surface area contributed by atoms with Gasteiger partial charge < -0.3 is 25.0 Å². The molecule has 3 rings (SSSR count). The van der Waals surface area contributed by atoms with E-state index in [2.05, 4.69) is 65.5 Å². The van der Waals surface area contributed by atoms with Crippen LogP contribution in [-0.2, 0) is 16.0 Å². The summed E-state index contributed by atoms with van der Waals surface area (Å²) in [5.74, 6) is 1.57. The highest BCUT2D eigenvalue weighted by Crippen LogP contribution is 2.22. The summed E-state index contributed by atoms with van der Waals surface area (Å²) in [7, 11) is 0. The predicted octanol–water partition coefficient (Wildman–Crippen LogP) is 3.33. The molecule has 0 bridgehead atoms. The number of hydrogen-bond acceptors (Lipinski definition) is 5. The van der Waals surface area contributed by atoms with E-state index in [1.165, 1.54) is 24.1 Å². The van der Waals surface area contributed by atoms with Crippen LogP contribution in [0.25, 0.3) is 0 Å². The van der Waals surface area contributed by atoms with Crippen molar-refractivity contribution in [1.82, 2.24) is 15.5 Å². The molecular weight excluding hydrogens is 529 g/mol. The molecule has 7 nitrogen and oxygen atoms in total. The van der Waals surface area contributed by atoms with Crippen LogP contribution in [0.4, 0.5) is 5.69 Å². The number of ether oxygens (including phenoxy) is 2. The summed E-state index contributed by atoms with van der Waals surface area (Å²) < 4.78 is 11.1. The zero-order valence-electron chi connectivity index (χ0n) is 20.7. The minimum atomic E-state index is 0. The van der Waals surface area contributed by atoms with E-state index in [4.69, 9.17) is 14.5 Å². The van der Waals surface area contributed by atoms with Crippen molar-refractivity contribution in [2.24, 2.45) is 10.9 Å². The highest BCUT2D eigenvalue weighted by molar-refractivity contribution is 14.0. The Bertz CT molecular complexity index is 689. The largest absolute Gasteiger partial charge is 0.379 e. The Morgan fingerprint density at radius 1 is 0.939 bits per heavy atom. The van der Waals surface area contributed by atoms with Crippen LogP contribution in [0.2, 0.25) is 0 Å². The quantitative estimate of drug-likeness (QED) is 0.255. The van der Waals surface area contributed by atoms with Crippen LogP contribution in [0.1, 0.15) is 39.2 Å². The van der Waals surface area contributed by atoms with Gasteiger partial charge in [0, 0.05) is 51.0 Å². The van der Waals surface area contributed by atoms with Crippen LogP contribution in [-0.4, -0.2) is 82.6 Å². The molecule has 8 heteroatoms. The first-order valence-corrected chi connectivity index (χ1v) is 12.5. The molecule has 33 heavy (non-hydrogen) atoms. The van der Waals surface area contributed by atoms with Gasteiger partial charge in [-0.15, -0.1) is 24.0 Å². The Kier molecular flexibility index (Phi) is 13.4. The van der Waals surface area contributed by atoms with Gasteiger partial charge >= 0.3 is 0 Å². The van der Waals surface area contributed by atoms with E-state index in [0.717, 1.165) is 71.7 Å². The van der Waals surface area contributed by atoms with Crippen molar-refractivity contribution in [3.63, 3.8) is 0 Å². The van der Waals surface area contributed by atoms with Crippen molar-refractivity contribution in [3.8, 4) is 0 Å². The molecule has 0 aromatic heterocycles. The molecule has 2 aliphatic rings. The highest BCUT2D eigenvalue weighted by atomic mass is 127. The lowest BCUT2D eigenvalue weighted by atomic mass is 9.92. The van der Waals surface area contributed by atoms with E-state index < -0.39 is 0 Å². The Balaban J connectivity index is 0.00000385. The number of nitrogens with zero attached hydrogens (tertiary/aromatic N) is 3. The fraction of sp³-hybridized carbons (Fsp3) is 0.720. The summed E-state index contributed by atoms with van der Waals surface area (Å²) in [4.78, 5) is 9.98. The average Bonchev–Trinajstić information content (AvgIpc) is 2.86. The topological polar surface area (TPSA) is 61.4 Å². The maximum absolute atomic E-state index is 5.60. The van der Waals surface area contributed by atoms with Crippen LogP contribution in [0, 0.1) is 5.92 Å². The molecule has 1 aromatic rings. The molecule has 1 aromatic carbocycles. The predicted molar refractivity (Wildman–Crippen MR) is 148 cm³/mol. The second-order valence-electron chi connectivity index (χ2n) is 8.60. The van der Waals surface area contributed by atoms with Gasteiger partial charge in [0.05, 0.1) is 33.0 Å². The minimum absolute atomic E-state index is 0. The fourth-order valence-electron chi connectivity index (χ4n) is 4.80. The maximum Gasteiger partial charge on any atom is 0.191 e. The van der Waals surface area contributed by atoms with Crippen LogP contribution in [0.5, 0.6) is 0 Å². The first-order valence-electron chi connectivity index (χ1n) is 12.5. The summed E-state index contributed by atoms with van der Waals surface area (Å²) >= 11 is 0. The normalized spacial score (nSPS) is 18.7. The Morgan fingerprint density at radius 2 is 1.58 bits per heavy atom. The molecule has 188 valence electrons. The molecule has 2 fully saturated rings. The van der Waals surface area contributed by atoms with Crippen molar-refractivity contribution in [2.75, 3.05) is 70.6 Å². The molecule has 0 radical (unpaired) electrons. The van der Waals surface area contributed by atoms with Gasteiger partial charge in [0.1, 0.15) is 0 Å². The number of nitrogens with one attached hydrogen (secondary N) is 2. The smallest absolute Gasteiger partial charge is 0.191 e. The van der Waals surface area contributed by atoms with E-state index in [9.17, 15) is 0 Å². The van der Waals surface area contributed by atoms with Crippen LogP contribution in [0.3, 0.4) is 0 Å². The Labute approximate surface area is 217 Å². The van der Waals surface area contributed by atoms with E-state index in [1.807, 2.05) is 0 Å². The fourth-order valence-corrected chi connectivity index (χ4v) is 4.80. The second-order valence-corrected chi connectivity index (χ2v) is 8.60. The number of para-hydroxylation sites is 1. The van der Waals surface area contributed by atoms with Gasteiger partial charge in [-0.1, -0.05) is 44.9 Å². The van der Waals surface area contributed by atoms with Gasteiger partial charge in [-0.2, -0.15) is 0 Å². The third-order valence-electron chi connectivity index (χ3n) is 6.68. The minimum Gasteiger partial charge on any atom is -0.379 e. The second kappa shape index (κ2) is 15.7. The number of aliphatic imine (C=N–C) groups is 1. The summed E-state index contributed by atoms with van der Waals surface area (Å²) in [6, 6.07) is 9.12. The molecule has 0 spiro atoms. The zero-order valence-corrected chi connectivity index (χ0v) is 23.1. The monoisotopic (exact) mass is 573 g/mol. The highest BCUT2D eigenvalue weighted by Gasteiger charge is 2.27. The van der Waals surface area contributed by atoms with Gasteiger partial charge in [-0.25, -0.2) is 4.99 Å². The average molecular weight is 574 g/mol. The van der Waals surface area contributed by atoms with Gasteiger partial charge in [-0.05, 0) is 24.5 Å². The SMILES string of the molecule is CCNC(=NCc1ccccc1N1CCOCC1)NCC(C(CC)CC)N1CCOCC1.I. The van der Waals surface area contributed by atoms with E-state index in [1.54, 1.807) is 0 Å². The molecule has 0 saturated carbocycles. The lowest BCUT2D eigenvalue weighted by molar-refractivity contribution is 0.00272. The molecule has 2 aliphatic heterocycles. The molecule has 0 aliphatic carbocycles. The maximum atomic E-state index is 5.60. The first-order chi connectivity index (χ1) is 15.8. The van der Waals surface area contributed by atoms with Crippen molar-refractivity contribution in [3.05, 3.63) is 29.8 Å². The number of hydrogen-bond donors (Lipinski definition) is 2.